The highest BCUT2D eigenvalue weighted by Gasteiger charge is 2.23. The van der Waals surface area contributed by atoms with Crippen molar-refractivity contribution in [3.05, 3.63) is 63.2 Å². The lowest BCUT2D eigenvalue weighted by molar-refractivity contribution is -0.121. The predicted molar refractivity (Wildman–Crippen MR) is 117 cm³/mol. The van der Waals surface area contributed by atoms with Gasteiger partial charge in [0.15, 0.2) is 0 Å². The Morgan fingerprint density at radius 2 is 1.33 bits per heavy atom. The van der Waals surface area contributed by atoms with Gasteiger partial charge >= 0.3 is 0 Å². The van der Waals surface area contributed by atoms with Gasteiger partial charge < -0.3 is 0 Å². The molecule has 0 spiro atoms. The number of hydrogen-bond donors (Lipinski definition) is 3. The van der Waals surface area contributed by atoms with Crippen molar-refractivity contribution >= 4 is 21.8 Å². The maximum absolute atomic E-state index is 12.8. The van der Waals surface area contributed by atoms with E-state index in [2.05, 4.69) is 15.6 Å². The average Bonchev–Trinajstić information content (AvgIpc) is 2.69. The molecule has 7 nitrogen and oxygen atoms in total. The molecule has 2 rings (SSSR count). The highest BCUT2D eigenvalue weighted by molar-refractivity contribution is 7.89. The first-order chi connectivity index (χ1) is 14.0. The van der Waals surface area contributed by atoms with Gasteiger partial charge in [0.1, 0.15) is 0 Å². The van der Waals surface area contributed by atoms with E-state index in [-0.39, 0.29) is 17.9 Å². The smallest absolute Gasteiger partial charge is 0.269 e. The molecule has 2 aromatic rings. The third-order valence-corrected chi connectivity index (χ3v) is 7.28. The van der Waals surface area contributed by atoms with Gasteiger partial charge in [-0.2, -0.15) is 0 Å². The summed E-state index contributed by atoms with van der Waals surface area (Å²) in [6.07, 6.45) is -0.116. The SMILES string of the molecule is Cc1ccccc1C(=O)NNC(=O)CCNS(=O)(=O)c1c(C)c(C)c(C)c(C)c1C. The van der Waals surface area contributed by atoms with Gasteiger partial charge in [0.05, 0.1) is 4.90 Å². The number of sulfonamides is 1. The molecule has 0 aromatic heterocycles. The van der Waals surface area contributed by atoms with E-state index in [1.54, 1.807) is 39.0 Å². The van der Waals surface area contributed by atoms with Crippen LogP contribution in [0.2, 0.25) is 0 Å². The van der Waals surface area contributed by atoms with Crippen molar-refractivity contribution in [3.8, 4) is 0 Å². The van der Waals surface area contributed by atoms with Gasteiger partial charge in [0, 0.05) is 18.5 Å². The number of benzene rings is 2. The molecule has 0 saturated carbocycles. The van der Waals surface area contributed by atoms with Crippen LogP contribution in [0.5, 0.6) is 0 Å². The Morgan fingerprint density at radius 1 is 0.800 bits per heavy atom. The minimum absolute atomic E-state index is 0.0841. The number of nitrogens with one attached hydrogen (secondary N) is 3. The van der Waals surface area contributed by atoms with E-state index >= 15 is 0 Å². The standard InChI is InChI=1S/C22H29N3O4S/c1-13-9-7-8-10-19(13)22(27)25-24-20(26)11-12-23-30(28,29)21-17(5)15(3)14(2)16(4)18(21)6/h7-10,23H,11-12H2,1-6H3,(H,24,26)(H,25,27). The van der Waals surface area contributed by atoms with Crippen LogP contribution in [0, 0.1) is 41.5 Å². The van der Waals surface area contributed by atoms with Crippen LogP contribution in [0.1, 0.15) is 50.2 Å². The van der Waals surface area contributed by atoms with Crippen LogP contribution < -0.4 is 15.6 Å². The first kappa shape index (κ1) is 23.6. The first-order valence-electron chi connectivity index (χ1n) is 9.68. The van der Waals surface area contributed by atoms with Crippen molar-refractivity contribution in [1.82, 2.24) is 15.6 Å². The topological polar surface area (TPSA) is 104 Å². The predicted octanol–water partition coefficient (Wildman–Crippen LogP) is 2.67. The molecule has 0 aliphatic rings. The fourth-order valence-electron chi connectivity index (χ4n) is 3.32. The molecule has 3 N–H and O–H groups in total. The third kappa shape index (κ3) is 5.06. The molecule has 0 atom stereocenters. The van der Waals surface area contributed by atoms with Gasteiger partial charge in [-0.05, 0) is 81.0 Å². The van der Waals surface area contributed by atoms with Crippen LogP contribution in [0.4, 0.5) is 0 Å². The highest BCUT2D eigenvalue weighted by Crippen LogP contribution is 2.29. The molecule has 30 heavy (non-hydrogen) atoms. The number of rotatable bonds is 6. The van der Waals surface area contributed by atoms with Crippen LogP contribution in [-0.4, -0.2) is 26.8 Å². The minimum atomic E-state index is -3.78. The lowest BCUT2D eigenvalue weighted by Gasteiger charge is -2.19. The summed E-state index contributed by atoms with van der Waals surface area (Å²) in [5.74, 6) is -0.928. The van der Waals surface area contributed by atoms with Crippen molar-refractivity contribution in [1.29, 1.82) is 0 Å². The molecule has 0 heterocycles. The quantitative estimate of drug-likeness (QED) is 0.612. The number of hydrazine groups is 1. The maximum atomic E-state index is 12.8. The Morgan fingerprint density at radius 3 is 1.90 bits per heavy atom. The van der Waals surface area contributed by atoms with Gasteiger partial charge in [-0.25, -0.2) is 13.1 Å². The largest absolute Gasteiger partial charge is 0.273 e. The molecule has 0 fully saturated rings. The summed E-state index contributed by atoms with van der Waals surface area (Å²) >= 11 is 0. The molecule has 0 saturated heterocycles. The zero-order valence-electron chi connectivity index (χ0n) is 18.3. The Balaban J connectivity index is 1.97. The van der Waals surface area contributed by atoms with Crippen LogP contribution >= 0.6 is 0 Å². The van der Waals surface area contributed by atoms with Gasteiger partial charge in [-0.1, -0.05) is 18.2 Å². The summed E-state index contributed by atoms with van der Waals surface area (Å²) < 4.78 is 28.2. The van der Waals surface area contributed by atoms with Gasteiger partial charge in [-0.3, -0.25) is 20.4 Å². The van der Waals surface area contributed by atoms with Crippen molar-refractivity contribution in [2.24, 2.45) is 0 Å². The Hall–Kier alpha value is -2.71. The lowest BCUT2D eigenvalue weighted by Crippen LogP contribution is -2.43. The molecule has 0 aliphatic carbocycles. The summed E-state index contributed by atoms with van der Waals surface area (Å²) in [5, 5.41) is 0. The summed E-state index contributed by atoms with van der Waals surface area (Å²) in [6.45, 7) is 11.1. The fourth-order valence-corrected chi connectivity index (χ4v) is 4.95. The Labute approximate surface area is 178 Å². The number of hydrogen-bond acceptors (Lipinski definition) is 4. The number of aryl methyl sites for hydroxylation is 1. The Kier molecular flexibility index (Phi) is 7.39. The summed E-state index contributed by atoms with van der Waals surface area (Å²) in [7, 11) is -3.78. The molecule has 162 valence electrons. The first-order valence-corrected chi connectivity index (χ1v) is 11.2. The number of amides is 2. The molecule has 2 amide bonds. The summed E-state index contributed by atoms with van der Waals surface area (Å²) in [6, 6.07) is 7.00. The van der Waals surface area contributed by atoms with Crippen molar-refractivity contribution in [2.75, 3.05) is 6.54 Å². The van der Waals surface area contributed by atoms with Crippen LogP contribution in [-0.2, 0) is 14.8 Å². The van der Waals surface area contributed by atoms with Crippen LogP contribution in [0.15, 0.2) is 29.2 Å². The molecule has 2 aromatic carbocycles. The molecular weight excluding hydrogens is 402 g/mol. The second-order valence-corrected chi connectivity index (χ2v) is 9.12. The van der Waals surface area contributed by atoms with E-state index < -0.39 is 21.8 Å². The van der Waals surface area contributed by atoms with E-state index in [1.165, 1.54) is 0 Å². The summed E-state index contributed by atoms with van der Waals surface area (Å²) in [4.78, 5) is 24.4. The van der Waals surface area contributed by atoms with Gasteiger partial charge in [-0.15, -0.1) is 0 Å². The van der Waals surface area contributed by atoms with Crippen LogP contribution in [0.3, 0.4) is 0 Å². The fraction of sp³-hybridized carbons (Fsp3) is 0.364. The van der Waals surface area contributed by atoms with Gasteiger partial charge in [0.2, 0.25) is 15.9 Å². The summed E-state index contributed by atoms with van der Waals surface area (Å²) in [5.41, 5.74) is 10.3. The van der Waals surface area contributed by atoms with E-state index in [0.717, 1.165) is 22.3 Å². The molecule has 0 unspecified atom stereocenters. The third-order valence-electron chi connectivity index (χ3n) is 5.55. The number of carbonyl (C=O) groups is 2. The zero-order valence-corrected chi connectivity index (χ0v) is 19.1. The normalized spacial score (nSPS) is 11.3. The number of carbonyl (C=O) groups excluding carboxylic acids is 2. The molecular formula is C22H29N3O4S. The maximum Gasteiger partial charge on any atom is 0.269 e. The van der Waals surface area contributed by atoms with E-state index in [0.29, 0.717) is 16.7 Å². The van der Waals surface area contributed by atoms with Gasteiger partial charge in [0.25, 0.3) is 5.91 Å². The second kappa shape index (κ2) is 9.40. The van der Waals surface area contributed by atoms with Crippen molar-refractivity contribution < 1.29 is 18.0 Å². The zero-order chi connectivity index (χ0) is 22.6. The van der Waals surface area contributed by atoms with E-state index in [4.69, 9.17) is 0 Å². The molecule has 0 bridgehead atoms. The monoisotopic (exact) mass is 431 g/mol. The molecule has 0 radical (unpaired) electrons. The molecule has 0 aliphatic heterocycles. The average molecular weight is 432 g/mol. The van der Waals surface area contributed by atoms with E-state index in [9.17, 15) is 18.0 Å². The van der Waals surface area contributed by atoms with Crippen molar-refractivity contribution in [3.63, 3.8) is 0 Å². The Bertz CT molecular complexity index is 1060. The van der Waals surface area contributed by atoms with Crippen LogP contribution in [0.25, 0.3) is 0 Å². The lowest BCUT2D eigenvalue weighted by atomic mass is 9.95. The molecule has 8 heteroatoms. The second-order valence-electron chi connectivity index (χ2n) is 7.42. The highest BCUT2D eigenvalue weighted by atomic mass is 32.2. The minimum Gasteiger partial charge on any atom is -0.273 e. The van der Waals surface area contributed by atoms with Crippen molar-refractivity contribution in [2.45, 2.75) is 52.9 Å². The van der Waals surface area contributed by atoms with E-state index in [1.807, 2.05) is 26.8 Å².